The first-order valence-electron chi connectivity index (χ1n) is 7.50. The lowest BCUT2D eigenvalue weighted by Crippen LogP contribution is -2.44. The molecule has 2 rings (SSSR count). The van der Waals surface area contributed by atoms with Crippen LogP contribution in [0.3, 0.4) is 0 Å². The van der Waals surface area contributed by atoms with E-state index < -0.39 is 17.9 Å². The maximum atomic E-state index is 13.7. The highest BCUT2D eigenvalue weighted by Gasteiger charge is 2.12. The van der Waals surface area contributed by atoms with Gasteiger partial charge in [0.25, 0.3) is 0 Å². The van der Waals surface area contributed by atoms with E-state index in [4.69, 9.17) is 5.26 Å². The van der Waals surface area contributed by atoms with Crippen LogP contribution in [0.25, 0.3) is 0 Å². The van der Waals surface area contributed by atoms with Crippen LogP contribution in [0.1, 0.15) is 16.7 Å². The summed E-state index contributed by atoms with van der Waals surface area (Å²) >= 11 is 0. The number of aliphatic hydroxyl groups is 1. The molecule has 0 heterocycles. The summed E-state index contributed by atoms with van der Waals surface area (Å²) < 4.78 is 13.7. The molecule has 0 aliphatic rings. The smallest absolute Gasteiger partial charge is 0.315 e. The number of urea groups is 1. The standard InChI is InChI=1S/C18H18FN3O2/c19-17-7-6-14(10-20)8-15(17)11-21-18(24)22-16(12-23)9-13-4-2-1-3-5-13/h1-8,16,23H,9,11-12H2,(H2,21,22,24)/t16-/m0/s1. The lowest BCUT2D eigenvalue weighted by Gasteiger charge is -2.17. The molecule has 0 saturated carbocycles. The van der Waals surface area contributed by atoms with Crippen LogP contribution < -0.4 is 10.6 Å². The Bertz CT molecular complexity index is 729. The number of amides is 2. The summed E-state index contributed by atoms with van der Waals surface area (Å²) in [4.78, 5) is 11.9. The Labute approximate surface area is 139 Å². The molecule has 24 heavy (non-hydrogen) atoms. The van der Waals surface area contributed by atoms with Gasteiger partial charge in [-0.05, 0) is 30.2 Å². The van der Waals surface area contributed by atoms with Crippen molar-refractivity contribution in [1.82, 2.24) is 10.6 Å². The summed E-state index contributed by atoms with van der Waals surface area (Å²) in [6.07, 6.45) is 0.489. The van der Waals surface area contributed by atoms with Gasteiger partial charge in [-0.3, -0.25) is 0 Å². The number of hydrogen-bond acceptors (Lipinski definition) is 3. The highest BCUT2D eigenvalue weighted by Crippen LogP contribution is 2.10. The van der Waals surface area contributed by atoms with Gasteiger partial charge in [0.2, 0.25) is 0 Å². The van der Waals surface area contributed by atoms with Crippen LogP contribution in [-0.4, -0.2) is 23.8 Å². The number of nitriles is 1. The van der Waals surface area contributed by atoms with Crippen molar-refractivity contribution in [2.75, 3.05) is 6.61 Å². The van der Waals surface area contributed by atoms with Crippen molar-refractivity contribution in [2.24, 2.45) is 0 Å². The van der Waals surface area contributed by atoms with Crippen molar-refractivity contribution in [3.05, 3.63) is 71.0 Å². The van der Waals surface area contributed by atoms with Gasteiger partial charge >= 0.3 is 6.03 Å². The zero-order chi connectivity index (χ0) is 17.4. The SMILES string of the molecule is N#Cc1ccc(F)c(CNC(=O)N[C@H](CO)Cc2ccccc2)c1. The predicted octanol–water partition coefficient (Wildman–Crippen LogP) is 2.10. The Morgan fingerprint density at radius 1 is 1.25 bits per heavy atom. The Morgan fingerprint density at radius 3 is 2.67 bits per heavy atom. The molecule has 0 unspecified atom stereocenters. The minimum atomic E-state index is -0.508. The molecule has 0 radical (unpaired) electrons. The van der Waals surface area contributed by atoms with Gasteiger partial charge in [0.1, 0.15) is 5.82 Å². The number of aliphatic hydroxyl groups excluding tert-OH is 1. The monoisotopic (exact) mass is 327 g/mol. The van der Waals surface area contributed by atoms with Gasteiger partial charge in [-0.2, -0.15) is 5.26 Å². The van der Waals surface area contributed by atoms with E-state index in [1.54, 1.807) is 0 Å². The number of rotatable bonds is 6. The molecule has 1 atom stereocenters. The summed E-state index contributed by atoms with van der Waals surface area (Å²) in [5.41, 5.74) is 1.54. The molecule has 5 nitrogen and oxygen atoms in total. The highest BCUT2D eigenvalue weighted by molar-refractivity contribution is 5.74. The fourth-order valence-electron chi connectivity index (χ4n) is 2.25. The number of carbonyl (C=O) groups excluding carboxylic acids is 1. The summed E-state index contributed by atoms with van der Waals surface area (Å²) in [6.45, 7) is -0.253. The normalized spacial score (nSPS) is 11.4. The lowest BCUT2D eigenvalue weighted by atomic mass is 10.1. The molecule has 6 heteroatoms. The summed E-state index contributed by atoms with van der Waals surface area (Å²) in [7, 11) is 0. The number of benzene rings is 2. The Morgan fingerprint density at radius 2 is 2.00 bits per heavy atom. The highest BCUT2D eigenvalue weighted by atomic mass is 19.1. The lowest BCUT2D eigenvalue weighted by molar-refractivity contribution is 0.215. The maximum Gasteiger partial charge on any atom is 0.315 e. The topological polar surface area (TPSA) is 85.2 Å². The van der Waals surface area contributed by atoms with E-state index in [2.05, 4.69) is 10.6 Å². The van der Waals surface area contributed by atoms with Gasteiger partial charge in [0, 0.05) is 12.1 Å². The molecule has 2 aromatic rings. The second kappa shape index (κ2) is 8.65. The van der Waals surface area contributed by atoms with Gasteiger partial charge in [0.05, 0.1) is 24.3 Å². The van der Waals surface area contributed by atoms with E-state index in [0.29, 0.717) is 12.0 Å². The van der Waals surface area contributed by atoms with E-state index in [1.165, 1.54) is 18.2 Å². The molecular formula is C18H18FN3O2. The van der Waals surface area contributed by atoms with E-state index in [-0.39, 0.29) is 18.7 Å². The number of hydrogen-bond donors (Lipinski definition) is 3. The van der Waals surface area contributed by atoms with Crippen molar-refractivity contribution in [1.29, 1.82) is 5.26 Å². The quantitative estimate of drug-likeness (QED) is 0.759. The number of halogens is 1. The second-order valence-corrected chi connectivity index (χ2v) is 5.31. The van der Waals surface area contributed by atoms with Crippen molar-refractivity contribution < 1.29 is 14.3 Å². The van der Waals surface area contributed by atoms with Crippen molar-refractivity contribution >= 4 is 6.03 Å². The van der Waals surface area contributed by atoms with Crippen LogP contribution in [0.4, 0.5) is 9.18 Å². The Hall–Kier alpha value is -2.91. The third-order valence-electron chi connectivity index (χ3n) is 3.49. The van der Waals surface area contributed by atoms with E-state index in [0.717, 1.165) is 5.56 Å². The fraction of sp³-hybridized carbons (Fsp3) is 0.222. The number of nitrogens with zero attached hydrogens (tertiary/aromatic N) is 1. The molecule has 0 aliphatic heterocycles. The van der Waals surface area contributed by atoms with Crippen LogP contribution in [-0.2, 0) is 13.0 Å². The van der Waals surface area contributed by atoms with Gasteiger partial charge < -0.3 is 15.7 Å². The average molecular weight is 327 g/mol. The van der Waals surface area contributed by atoms with Crippen molar-refractivity contribution in [3.8, 4) is 6.07 Å². The number of carbonyl (C=O) groups is 1. The van der Waals surface area contributed by atoms with Gasteiger partial charge in [-0.25, -0.2) is 9.18 Å². The molecule has 2 aromatic carbocycles. The van der Waals surface area contributed by atoms with Crippen LogP contribution in [0.5, 0.6) is 0 Å². The van der Waals surface area contributed by atoms with Crippen molar-refractivity contribution in [3.63, 3.8) is 0 Å². The Balaban J connectivity index is 1.89. The molecule has 2 amide bonds. The molecule has 0 aliphatic carbocycles. The maximum absolute atomic E-state index is 13.7. The first-order chi connectivity index (χ1) is 11.6. The molecule has 0 aromatic heterocycles. The zero-order valence-corrected chi connectivity index (χ0v) is 13.0. The molecule has 3 N–H and O–H groups in total. The summed E-state index contributed by atoms with van der Waals surface area (Å²) in [6, 6.07) is 14.4. The van der Waals surface area contributed by atoms with Gasteiger partial charge in [0.15, 0.2) is 0 Å². The zero-order valence-electron chi connectivity index (χ0n) is 13.0. The third-order valence-corrected chi connectivity index (χ3v) is 3.49. The van der Waals surface area contributed by atoms with E-state index >= 15 is 0 Å². The summed E-state index contributed by atoms with van der Waals surface area (Å²) in [5, 5.41) is 23.4. The van der Waals surface area contributed by atoms with Gasteiger partial charge in [-0.15, -0.1) is 0 Å². The minimum absolute atomic E-state index is 0.0450. The molecular weight excluding hydrogens is 309 g/mol. The molecule has 0 saturated heterocycles. The molecule has 124 valence electrons. The predicted molar refractivity (Wildman–Crippen MR) is 87.5 cm³/mol. The van der Waals surface area contributed by atoms with Crippen LogP contribution >= 0.6 is 0 Å². The summed E-state index contributed by atoms with van der Waals surface area (Å²) in [5.74, 6) is -0.489. The van der Waals surface area contributed by atoms with Crippen molar-refractivity contribution in [2.45, 2.75) is 19.0 Å². The third kappa shape index (κ3) is 5.07. The minimum Gasteiger partial charge on any atom is -0.394 e. The average Bonchev–Trinajstić information content (AvgIpc) is 2.61. The fourth-order valence-corrected chi connectivity index (χ4v) is 2.25. The van der Waals surface area contributed by atoms with E-state index in [9.17, 15) is 14.3 Å². The molecule has 0 bridgehead atoms. The Kier molecular flexibility index (Phi) is 6.29. The van der Waals surface area contributed by atoms with Crippen LogP contribution in [0.15, 0.2) is 48.5 Å². The molecule has 0 spiro atoms. The number of nitrogens with one attached hydrogen (secondary N) is 2. The van der Waals surface area contributed by atoms with Crippen LogP contribution in [0.2, 0.25) is 0 Å². The largest absolute Gasteiger partial charge is 0.394 e. The second-order valence-electron chi connectivity index (χ2n) is 5.31. The first kappa shape index (κ1) is 17.4. The first-order valence-corrected chi connectivity index (χ1v) is 7.50. The van der Waals surface area contributed by atoms with Gasteiger partial charge in [-0.1, -0.05) is 30.3 Å². The van der Waals surface area contributed by atoms with Crippen LogP contribution in [0, 0.1) is 17.1 Å². The van der Waals surface area contributed by atoms with E-state index in [1.807, 2.05) is 36.4 Å². The molecule has 0 fully saturated rings.